The number of rotatable bonds is 1. The summed E-state index contributed by atoms with van der Waals surface area (Å²) in [6.45, 7) is 3.27. The largest absolute Gasteiger partial charge is 0.337 e. The molecular formula is C13H14BrF2NO. The molecule has 5 heteroatoms. The maximum Gasteiger partial charge on any atom is 0.256 e. The second-order valence-electron chi connectivity index (χ2n) is 4.66. The third kappa shape index (κ3) is 2.71. The monoisotopic (exact) mass is 317 g/mol. The van der Waals surface area contributed by atoms with E-state index in [4.69, 9.17) is 0 Å². The van der Waals surface area contributed by atoms with E-state index in [1.165, 1.54) is 6.07 Å². The Labute approximate surface area is 113 Å². The molecule has 2 unspecified atom stereocenters. The number of carbonyl (C=O) groups is 1. The molecule has 18 heavy (non-hydrogen) atoms. The summed E-state index contributed by atoms with van der Waals surface area (Å²) in [6.07, 6.45) is 0.879. The highest BCUT2D eigenvalue weighted by atomic mass is 79.9. The van der Waals surface area contributed by atoms with Crippen molar-refractivity contribution in [1.82, 2.24) is 4.90 Å². The first-order valence-electron chi connectivity index (χ1n) is 5.87. The summed E-state index contributed by atoms with van der Waals surface area (Å²) in [4.78, 5) is 14.0. The van der Waals surface area contributed by atoms with Gasteiger partial charge in [0.2, 0.25) is 0 Å². The highest BCUT2D eigenvalue weighted by Crippen LogP contribution is 2.25. The second kappa shape index (κ2) is 5.34. The van der Waals surface area contributed by atoms with E-state index < -0.39 is 11.6 Å². The first kappa shape index (κ1) is 13.5. The average Bonchev–Trinajstić information content (AvgIpc) is 2.32. The molecule has 1 heterocycles. The lowest BCUT2D eigenvalue weighted by atomic mass is 9.98. The first-order valence-corrected chi connectivity index (χ1v) is 6.79. The highest BCUT2D eigenvalue weighted by Gasteiger charge is 2.28. The summed E-state index contributed by atoms with van der Waals surface area (Å²) in [5, 5.41) is 0. The number of carbonyl (C=O) groups excluding carboxylic acids is 1. The van der Waals surface area contributed by atoms with E-state index in [1.807, 2.05) is 0 Å². The molecule has 98 valence electrons. The molecule has 1 fully saturated rings. The SMILES string of the molecule is CC1CCN(C(=O)c2ccc(F)cc2F)CC1Br. The van der Waals surface area contributed by atoms with Crippen LogP contribution in [0, 0.1) is 17.6 Å². The van der Waals surface area contributed by atoms with Crippen LogP contribution in [0.15, 0.2) is 18.2 Å². The minimum atomic E-state index is -0.801. The molecule has 2 nitrogen and oxygen atoms in total. The van der Waals surface area contributed by atoms with Crippen molar-refractivity contribution in [3.63, 3.8) is 0 Å². The summed E-state index contributed by atoms with van der Waals surface area (Å²) in [5.74, 6) is -1.35. The van der Waals surface area contributed by atoms with Gasteiger partial charge in [-0.25, -0.2) is 8.78 Å². The topological polar surface area (TPSA) is 20.3 Å². The van der Waals surface area contributed by atoms with E-state index in [9.17, 15) is 13.6 Å². The Morgan fingerprint density at radius 2 is 2.17 bits per heavy atom. The number of hydrogen-bond acceptors (Lipinski definition) is 1. The van der Waals surface area contributed by atoms with Gasteiger partial charge in [0.05, 0.1) is 5.56 Å². The van der Waals surface area contributed by atoms with Crippen molar-refractivity contribution in [2.24, 2.45) is 5.92 Å². The average molecular weight is 318 g/mol. The van der Waals surface area contributed by atoms with Crippen LogP contribution < -0.4 is 0 Å². The Hall–Kier alpha value is -0.970. The first-order chi connectivity index (χ1) is 8.49. The van der Waals surface area contributed by atoms with Gasteiger partial charge in [-0.3, -0.25) is 4.79 Å². The molecular weight excluding hydrogens is 304 g/mol. The van der Waals surface area contributed by atoms with Crippen LogP contribution in [0.25, 0.3) is 0 Å². The molecule has 0 bridgehead atoms. The van der Waals surface area contributed by atoms with Gasteiger partial charge in [0.25, 0.3) is 5.91 Å². The Morgan fingerprint density at radius 1 is 1.44 bits per heavy atom. The minimum Gasteiger partial charge on any atom is -0.337 e. The van der Waals surface area contributed by atoms with E-state index >= 15 is 0 Å². The second-order valence-corrected chi connectivity index (χ2v) is 5.83. The van der Waals surface area contributed by atoms with Crippen molar-refractivity contribution >= 4 is 21.8 Å². The van der Waals surface area contributed by atoms with Crippen molar-refractivity contribution in [3.8, 4) is 0 Å². The molecule has 0 aromatic heterocycles. The lowest BCUT2D eigenvalue weighted by Crippen LogP contribution is -2.43. The fourth-order valence-electron chi connectivity index (χ4n) is 2.04. The highest BCUT2D eigenvalue weighted by molar-refractivity contribution is 9.09. The number of hydrogen-bond donors (Lipinski definition) is 0. The number of likely N-dealkylation sites (tertiary alicyclic amines) is 1. The van der Waals surface area contributed by atoms with Gasteiger partial charge in [-0.1, -0.05) is 22.9 Å². The van der Waals surface area contributed by atoms with Crippen LogP contribution in [0.5, 0.6) is 0 Å². The lowest BCUT2D eigenvalue weighted by molar-refractivity contribution is 0.0701. The lowest BCUT2D eigenvalue weighted by Gasteiger charge is -2.34. The van der Waals surface area contributed by atoms with Gasteiger partial charge in [-0.15, -0.1) is 0 Å². The van der Waals surface area contributed by atoms with Crippen LogP contribution >= 0.6 is 15.9 Å². The van der Waals surface area contributed by atoms with Gasteiger partial charge in [-0.05, 0) is 24.5 Å². The summed E-state index contributed by atoms with van der Waals surface area (Å²) >= 11 is 3.52. The van der Waals surface area contributed by atoms with Gasteiger partial charge in [-0.2, -0.15) is 0 Å². The van der Waals surface area contributed by atoms with Gasteiger partial charge >= 0.3 is 0 Å². The quantitative estimate of drug-likeness (QED) is 0.728. The Kier molecular flexibility index (Phi) is 4.00. The summed E-state index contributed by atoms with van der Waals surface area (Å²) in [6, 6.07) is 3.05. The maximum absolute atomic E-state index is 13.5. The molecule has 0 N–H and O–H groups in total. The number of alkyl halides is 1. The molecule has 1 aliphatic heterocycles. The van der Waals surface area contributed by atoms with Gasteiger partial charge < -0.3 is 4.90 Å². The predicted octanol–water partition coefficient (Wildman–Crippen LogP) is 3.21. The molecule has 1 aliphatic rings. The zero-order chi connectivity index (χ0) is 13.3. The number of piperidine rings is 1. The summed E-state index contributed by atoms with van der Waals surface area (Å²) in [7, 11) is 0. The van der Waals surface area contributed by atoms with Gasteiger partial charge in [0, 0.05) is 24.0 Å². The zero-order valence-electron chi connectivity index (χ0n) is 10.00. The maximum atomic E-state index is 13.5. The fraction of sp³-hybridized carbons (Fsp3) is 0.462. The van der Waals surface area contributed by atoms with Crippen LogP contribution in [0.1, 0.15) is 23.7 Å². The van der Waals surface area contributed by atoms with E-state index in [1.54, 1.807) is 4.90 Å². The summed E-state index contributed by atoms with van der Waals surface area (Å²) < 4.78 is 26.3. The Morgan fingerprint density at radius 3 is 2.78 bits per heavy atom. The molecule has 0 spiro atoms. The molecule has 2 atom stereocenters. The number of nitrogens with zero attached hydrogens (tertiary/aromatic N) is 1. The molecule has 2 rings (SSSR count). The molecule has 0 aliphatic carbocycles. The Balaban J connectivity index is 2.16. The van der Waals surface area contributed by atoms with E-state index in [0.29, 0.717) is 19.0 Å². The fourth-order valence-corrected chi connectivity index (χ4v) is 2.65. The molecule has 1 aromatic carbocycles. The van der Waals surface area contributed by atoms with Gasteiger partial charge in [0.1, 0.15) is 11.6 Å². The van der Waals surface area contributed by atoms with E-state index in [-0.39, 0.29) is 16.3 Å². The number of amides is 1. The molecule has 1 saturated heterocycles. The van der Waals surface area contributed by atoms with Crippen LogP contribution in [-0.2, 0) is 0 Å². The number of halogens is 3. The molecule has 1 aromatic rings. The third-order valence-corrected chi connectivity index (χ3v) is 4.51. The van der Waals surface area contributed by atoms with Crippen molar-refractivity contribution in [3.05, 3.63) is 35.4 Å². The number of benzene rings is 1. The summed E-state index contributed by atoms with van der Waals surface area (Å²) in [5.41, 5.74) is -0.0642. The van der Waals surface area contributed by atoms with Crippen LogP contribution in [0.2, 0.25) is 0 Å². The van der Waals surface area contributed by atoms with Crippen molar-refractivity contribution in [2.45, 2.75) is 18.2 Å². The van der Waals surface area contributed by atoms with Crippen LogP contribution in [0.4, 0.5) is 8.78 Å². The van der Waals surface area contributed by atoms with Gasteiger partial charge in [0.15, 0.2) is 0 Å². The van der Waals surface area contributed by atoms with Crippen molar-refractivity contribution in [2.75, 3.05) is 13.1 Å². The smallest absolute Gasteiger partial charge is 0.256 e. The van der Waals surface area contributed by atoms with E-state index in [0.717, 1.165) is 18.6 Å². The zero-order valence-corrected chi connectivity index (χ0v) is 11.6. The molecule has 1 amide bonds. The normalized spacial score (nSPS) is 24.1. The minimum absolute atomic E-state index is 0.0642. The molecule has 0 saturated carbocycles. The third-order valence-electron chi connectivity index (χ3n) is 3.32. The van der Waals surface area contributed by atoms with Crippen LogP contribution in [-0.4, -0.2) is 28.7 Å². The predicted molar refractivity (Wildman–Crippen MR) is 68.8 cm³/mol. The molecule has 0 radical (unpaired) electrons. The van der Waals surface area contributed by atoms with Crippen molar-refractivity contribution < 1.29 is 13.6 Å². The van der Waals surface area contributed by atoms with Crippen molar-refractivity contribution in [1.29, 1.82) is 0 Å². The van der Waals surface area contributed by atoms with E-state index in [2.05, 4.69) is 22.9 Å². The van der Waals surface area contributed by atoms with Crippen LogP contribution in [0.3, 0.4) is 0 Å². The Bertz CT molecular complexity index is 466. The standard InChI is InChI=1S/C13H14BrF2NO/c1-8-4-5-17(7-11(8)14)13(18)10-3-2-9(15)6-12(10)16/h2-3,6,8,11H,4-5,7H2,1H3.